The zero-order valence-electron chi connectivity index (χ0n) is 11.7. The fourth-order valence-electron chi connectivity index (χ4n) is 2.66. The number of anilines is 1. The summed E-state index contributed by atoms with van der Waals surface area (Å²) in [7, 11) is 0. The van der Waals surface area contributed by atoms with E-state index in [9.17, 15) is 4.79 Å². The molecule has 2 rings (SSSR count). The Morgan fingerprint density at radius 3 is 2.79 bits per heavy atom. The second-order valence-corrected chi connectivity index (χ2v) is 5.93. The van der Waals surface area contributed by atoms with Gasteiger partial charge in [0.25, 0.3) is 0 Å². The topological polar surface area (TPSA) is 75.1 Å². The van der Waals surface area contributed by atoms with Gasteiger partial charge in [-0.15, -0.1) is 0 Å². The van der Waals surface area contributed by atoms with E-state index in [1.54, 1.807) is 6.92 Å². The van der Waals surface area contributed by atoms with Crippen LogP contribution in [0.2, 0.25) is 0 Å². The van der Waals surface area contributed by atoms with E-state index in [1.165, 1.54) is 25.5 Å². The van der Waals surface area contributed by atoms with Crippen LogP contribution in [-0.4, -0.2) is 27.1 Å². The van der Waals surface area contributed by atoms with Gasteiger partial charge >= 0.3 is 5.97 Å². The lowest BCUT2D eigenvalue weighted by Crippen LogP contribution is -2.39. The third kappa shape index (κ3) is 3.03. The van der Waals surface area contributed by atoms with Crippen molar-refractivity contribution >= 4 is 11.9 Å². The van der Waals surface area contributed by atoms with Crippen molar-refractivity contribution in [2.45, 2.75) is 52.5 Å². The molecule has 1 heterocycles. The fraction of sp³-hybridized carbons (Fsp3) is 0.643. The monoisotopic (exact) mass is 263 g/mol. The van der Waals surface area contributed by atoms with Gasteiger partial charge in [-0.25, -0.2) is 14.8 Å². The molecule has 0 amide bonds. The molecule has 19 heavy (non-hydrogen) atoms. The Labute approximate surface area is 113 Å². The first-order valence-electron chi connectivity index (χ1n) is 6.73. The predicted octanol–water partition coefficient (Wildman–Crippen LogP) is 2.86. The van der Waals surface area contributed by atoms with Gasteiger partial charge in [0.1, 0.15) is 0 Å². The molecule has 5 heteroatoms. The summed E-state index contributed by atoms with van der Waals surface area (Å²) in [6.07, 6.45) is 6.16. The minimum atomic E-state index is -0.984. The number of aromatic nitrogens is 2. The van der Waals surface area contributed by atoms with Crippen LogP contribution in [0.25, 0.3) is 0 Å². The Bertz CT molecular complexity index is 486. The zero-order valence-corrected chi connectivity index (χ0v) is 11.7. The van der Waals surface area contributed by atoms with Gasteiger partial charge in [0.15, 0.2) is 0 Å². The highest BCUT2D eigenvalue weighted by Gasteiger charge is 2.32. The van der Waals surface area contributed by atoms with E-state index in [1.807, 2.05) is 0 Å². The highest BCUT2D eigenvalue weighted by atomic mass is 16.4. The molecular weight excluding hydrogens is 242 g/mol. The first-order valence-corrected chi connectivity index (χ1v) is 6.73. The number of nitrogens with zero attached hydrogens (tertiary/aromatic N) is 2. The smallest absolute Gasteiger partial charge is 0.339 e. The van der Waals surface area contributed by atoms with Crippen molar-refractivity contribution in [3.63, 3.8) is 0 Å². The summed E-state index contributed by atoms with van der Waals surface area (Å²) >= 11 is 0. The molecule has 0 radical (unpaired) electrons. The molecule has 2 N–H and O–H groups in total. The lowest BCUT2D eigenvalue weighted by Gasteiger charge is -2.39. The van der Waals surface area contributed by atoms with E-state index in [0.717, 1.165) is 6.42 Å². The maximum atomic E-state index is 10.9. The maximum absolute atomic E-state index is 10.9. The third-order valence-corrected chi connectivity index (χ3v) is 4.02. The van der Waals surface area contributed by atoms with Crippen molar-refractivity contribution in [1.82, 2.24) is 9.97 Å². The van der Waals surface area contributed by atoms with Gasteiger partial charge in [-0.3, -0.25) is 0 Å². The standard InChI is InChI=1S/C14H21N3O2/c1-9-10(12(18)19)8-15-13(16-9)17-11-6-4-5-7-14(11,2)3/h8,11H,4-7H2,1-3H3,(H,18,19)(H,15,16,17). The normalized spacial score (nSPS) is 21.9. The number of hydrogen-bond acceptors (Lipinski definition) is 4. The van der Waals surface area contributed by atoms with Crippen molar-refractivity contribution < 1.29 is 9.90 Å². The van der Waals surface area contributed by atoms with E-state index >= 15 is 0 Å². The van der Waals surface area contributed by atoms with Crippen LogP contribution in [0.1, 0.15) is 55.6 Å². The second kappa shape index (κ2) is 5.15. The van der Waals surface area contributed by atoms with Gasteiger partial charge in [-0.1, -0.05) is 26.7 Å². The average molecular weight is 263 g/mol. The van der Waals surface area contributed by atoms with E-state index in [2.05, 4.69) is 29.1 Å². The first-order chi connectivity index (χ1) is 8.90. The molecule has 1 aliphatic carbocycles. The van der Waals surface area contributed by atoms with Crippen LogP contribution < -0.4 is 5.32 Å². The fourth-order valence-corrected chi connectivity index (χ4v) is 2.66. The van der Waals surface area contributed by atoms with Gasteiger partial charge in [-0.05, 0) is 25.2 Å². The summed E-state index contributed by atoms with van der Waals surface area (Å²) in [5.41, 5.74) is 0.883. The Kier molecular flexibility index (Phi) is 3.73. The van der Waals surface area contributed by atoms with Crippen molar-refractivity contribution in [3.05, 3.63) is 17.5 Å². The number of hydrogen-bond donors (Lipinski definition) is 2. The summed E-state index contributed by atoms with van der Waals surface area (Å²) in [4.78, 5) is 19.3. The molecule has 0 aliphatic heterocycles. The number of carboxylic acids is 1. The molecule has 104 valence electrons. The van der Waals surface area contributed by atoms with Gasteiger partial charge in [0, 0.05) is 12.2 Å². The number of aromatic carboxylic acids is 1. The molecule has 1 unspecified atom stereocenters. The largest absolute Gasteiger partial charge is 0.478 e. The van der Waals surface area contributed by atoms with Crippen molar-refractivity contribution in [2.24, 2.45) is 5.41 Å². The molecule has 1 aromatic heterocycles. The highest BCUT2D eigenvalue weighted by Crippen LogP contribution is 2.36. The molecule has 1 fully saturated rings. The zero-order chi connectivity index (χ0) is 14.0. The van der Waals surface area contributed by atoms with Gasteiger partial charge in [0.2, 0.25) is 5.95 Å². The molecule has 1 aromatic rings. The van der Waals surface area contributed by atoms with Gasteiger partial charge in [-0.2, -0.15) is 0 Å². The highest BCUT2D eigenvalue weighted by molar-refractivity contribution is 5.88. The van der Waals surface area contributed by atoms with Crippen LogP contribution in [0.4, 0.5) is 5.95 Å². The van der Waals surface area contributed by atoms with E-state index in [-0.39, 0.29) is 11.0 Å². The third-order valence-electron chi connectivity index (χ3n) is 4.02. The molecule has 5 nitrogen and oxygen atoms in total. The minimum absolute atomic E-state index is 0.161. The minimum Gasteiger partial charge on any atom is -0.478 e. The van der Waals surface area contributed by atoms with Crippen LogP contribution in [0, 0.1) is 12.3 Å². The summed E-state index contributed by atoms with van der Waals surface area (Å²) in [5.74, 6) is -0.454. The molecule has 0 aromatic carbocycles. The summed E-state index contributed by atoms with van der Waals surface area (Å²) in [6.45, 7) is 6.20. The maximum Gasteiger partial charge on any atom is 0.339 e. The second-order valence-electron chi connectivity index (χ2n) is 5.93. The molecule has 1 atom stereocenters. The lowest BCUT2D eigenvalue weighted by atomic mass is 9.73. The SMILES string of the molecule is Cc1nc(NC2CCCCC2(C)C)ncc1C(=O)O. The lowest BCUT2D eigenvalue weighted by molar-refractivity contribution is 0.0695. The summed E-state index contributed by atoms with van der Waals surface area (Å²) in [5, 5.41) is 12.3. The number of carbonyl (C=O) groups is 1. The molecule has 1 aliphatic rings. The van der Waals surface area contributed by atoms with Crippen LogP contribution in [0.5, 0.6) is 0 Å². The molecule has 1 saturated carbocycles. The number of rotatable bonds is 3. The average Bonchev–Trinajstić information content (AvgIpc) is 2.31. The number of carboxylic acid groups (broad SMARTS) is 1. The Morgan fingerprint density at radius 2 is 2.21 bits per heavy atom. The van der Waals surface area contributed by atoms with Crippen LogP contribution >= 0.6 is 0 Å². The van der Waals surface area contributed by atoms with Crippen LogP contribution in [0.15, 0.2) is 6.20 Å². The molecular formula is C14H21N3O2. The summed E-state index contributed by atoms with van der Waals surface area (Å²) in [6, 6.07) is 0.344. The van der Waals surface area contributed by atoms with E-state index in [4.69, 9.17) is 5.11 Å². The van der Waals surface area contributed by atoms with Crippen LogP contribution in [0.3, 0.4) is 0 Å². The van der Waals surface area contributed by atoms with E-state index < -0.39 is 5.97 Å². The van der Waals surface area contributed by atoms with Gasteiger partial charge in [0.05, 0.1) is 11.3 Å². The molecule has 0 saturated heterocycles. The Hall–Kier alpha value is -1.65. The molecule has 0 spiro atoms. The van der Waals surface area contributed by atoms with E-state index in [0.29, 0.717) is 17.7 Å². The van der Waals surface area contributed by atoms with Crippen LogP contribution in [-0.2, 0) is 0 Å². The first kappa shape index (κ1) is 13.8. The van der Waals surface area contributed by atoms with Crippen molar-refractivity contribution in [1.29, 1.82) is 0 Å². The van der Waals surface area contributed by atoms with Crippen molar-refractivity contribution in [3.8, 4) is 0 Å². The van der Waals surface area contributed by atoms with Crippen molar-refractivity contribution in [2.75, 3.05) is 5.32 Å². The molecule has 0 bridgehead atoms. The number of aryl methyl sites for hydroxylation is 1. The number of nitrogens with one attached hydrogen (secondary N) is 1. The quantitative estimate of drug-likeness (QED) is 0.877. The predicted molar refractivity (Wildman–Crippen MR) is 73.4 cm³/mol. The summed E-state index contributed by atoms with van der Waals surface area (Å²) < 4.78 is 0. The Balaban J connectivity index is 2.15. The Morgan fingerprint density at radius 1 is 1.47 bits per heavy atom. The van der Waals surface area contributed by atoms with Gasteiger partial charge < -0.3 is 10.4 Å².